The Morgan fingerprint density at radius 3 is 1.48 bits per heavy atom. The number of ether oxygens (including phenoxy) is 16. The molecule has 0 N–H and O–H groups in total. The maximum Gasteiger partial charge on any atom is 0.367 e. The summed E-state index contributed by atoms with van der Waals surface area (Å²) >= 11 is 0. The summed E-state index contributed by atoms with van der Waals surface area (Å²) in [4.78, 5) is 14.9. The first-order valence-corrected chi connectivity index (χ1v) is 29.2. The van der Waals surface area contributed by atoms with Crippen LogP contribution in [0.1, 0.15) is 53.6 Å². The highest BCUT2D eigenvalue weighted by Crippen LogP contribution is 2.44. The van der Waals surface area contributed by atoms with E-state index in [4.69, 9.17) is 75.8 Å². The summed E-state index contributed by atoms with van der Waals surface area (Å²) in [7, 11) is 1.53. The van der Waals surface area contributed by atoms with Crippen LogP contribution >= 0.6 is 0 Å². The van der Waals surface area contributed by atoms with Crippen molar-refractivity contribution >= 4 is 5.97 Å². The Morgan fingerprint density at radius 1 is 0.506 bits per heavy atom. The number of carbonyl (C=O) groups is 1. The first-order valence-electron chi connectivity index (χ1n) is 29.2. The zero-order valence-corrected chi connectivity index (χ0v) is 48.2. The SMILES string of the molecule is COCO[C@H]([C@H]1C=CC[C@@]2(O[C@H]3[C@@H](OC2=O)[C@@H](COCc2ccccc2)O[C@@H](O[C@H]2[C@H](OCc4ccccc4)[C@@H](OCc4ccccc4)[C@H](OCc4ccccc4)O[C@@H]2COCc2ccccc2)[C@@H]3OCc2ccccc2)O1)[C@H]1COC(C)(C)O1. The lowest BCUT2D eigenvalue weighted by molar-refractivity contribution is -0.403. The smallest absolute Gasteiger partial charge is 0.367 e. The molecule has 11 rings (SSSR count). The van der Waals surface area contributed by atoms with Crippen molar-refractivity contribution in [3.63, 3.8) is 0 Å². The quantitative estimate of drug-likeness (QED) is 0.0272. The van der Waals surface area contributed by atoms with Crippen molar-refractivity contribution in [2.75, 3.05) is 33.7 Å². The van der Waals surface area contributed by atoms with Crippen LogP contribution in [0.15, 0.2) is 194 Å². The van der Waals surface area contributed by atoms with Crippen LogP contribution in [0.5, 0.6) is 0 Å². The second-order valence-electron chi connectivity index (χ2n) is 22.1. The Bertz CT molecular complexity index is 2960. The summed E-state index contributed by atoms with van der Waals surface area (Å²) in [6.07, 6.45) is -8.98. The molecule has 0 unspecified atom stereocenters. The molecule has 14 atom stereocenters. The second kappa shape index (κ2) is 29.6. The lowest BCUT2D eigenvalue weighted by Crippen LogP contribution is -2.71. The molecule has 0 amide bonds. The molecule has 0 bridgehead atoms. The predicted octanol–water partition coefficient (Wildman–Crippen LogP) is 9.72. The fourth-order valence-electron chi connectivity index (χ4n) is 11.2. The second-order valence-corrected chi connectivity index (χ2v) is 22.1. The van der Waals surface area contributed by atoms with Crippen LogP contribution in [0.2, 0.25) is 0 Å². The summed E-state index contributed by atoms with van der Waals surface area (Å²) in [5.41, 5.74) is 5.53. The molecule has 0 saturated carbocycles. The average Bonchev–Trinajstić information content (AvgIpc) is 1.37. The van der Waals surface area contributed by atoms with Crippen LogP contribution in [0, 0.1) is 0 Å². The highest BCUT2D eigenvalue weighted by atomic mass is 16.8. The third kappa shape index (κ3) is 15.9. The molecule has 5 aliphatic rings. The molecule has 17 nitrogen and oxygen atoms in total. The van der Waals surface area contributed by atoms with Crippen LogP contribution in [0.3, 0.4) is 0 Å². The van der Waals surface area contributed by atoms with Gasteiger partial charge in [0.25, 0.3) is 5.79 Å². The molecule has 0 aromatic heterocycles. The van der Waals surface area contributed by atoms with Crippen molar-refractivity contribution in [1.82, 2.24) is 0 Å². The Balaban J connectivity index is 0.982. The molecular formula is C68H76O17. The van der Waals surface area contributed by atoms with E-state index in [2.05, 4.69) is 0 Å². The molecule has 0 radical (unpaired) electrons. The highest BCUT2D eigenvalue weighted by Gasteiger charge is 2.63. The molecule has 6 aromatic rings. The molecular weight excluding hydrogens is 1090 g/mol. The fourth-order valence-corrected chi connectivity index (χ4v) is 11.2. The van der Waals surface area contributed by atoms with E-state index in [1.54, 1.807) is 0 Å². The zero-order valence-electron chi connectivity index (χ0n) is 48.2. The van der Waals surface area contributed by atoms with Crippen LogP contribution < -0.4 is 0 Å². The van der Waals surface area contributed by atoms with Crippen LogP contribution in [-0.2, 0) is 120 Å². The summed E-state index contributed by atoms with van der Waals surface area (Å²) in [5, 5.41) is 0. The van der Waals surface area contributed by atoms with Gasteiger partial charge in [-0.25, -0.2) is 4.79 Å². The standard InChI is InChI=1S/C68H76O17/c1-67(2)78-45-56(83-67)57(77-46-70-3)53-35-22-36-68(84-53)66(69)82-59-55(44-72-38-48-25-12-5-13-26-48)80-65(63(61(59)85-68)75-41-51-31-18-8-19-32-51)81-58-54(43-71-37-47-23-10-4-11-24-47)79-64(76-42-52-33-20-9-21-34-52)62(74-40-50-29-16-7-17-30-50)60(58)73-39-49-27-14-6-15-28-49/h4-35,53-65H,36-46H2,1-3H3/t53-,54-,55-,56-,57-,58-,59+,60+,61+,62-,63-,64-,65+,68+/m1/s1. The van der Waals surface area contributed by atoms with E-state index in [1.165, 1.54) is 7.11 Å². The van der Waals surface area contributed by atoms with Crippen LogP contribution in [-0.4, -0.2) is 131 Å². The van der Waals surface area contributed by atoms with Crippen molar-refractivity contribution < 1.29 is 80.6 Å². The van der Waals surface area contributed by atoms with E-state index >= 15 is 0 Å². The first kappa shape index (κ1) is 60.6. The Kier molecular flexibility index (Phi) is 21.1. The van der Waals surface area contributed by atoms with Gasteiger partial charge >= 0.3 is 5.97 Å². The summed E-state index contributed by atoms with van der Waals surface area (Å²) in [6, 6.07) is 59.1. The van der Waals surface area contributed by atoms with E-state index in [0.29, 0.717) is 0 Å². The van der Waals surface area contributed by atoms with Gasteiger partial charge in [-0.05, 0) is 47.2 Å². The summed E-state index contributed by atoms with van der Waals surface area (Å²) in [5.74, 6) is -3.66. The summed E-state index contributed by atoms with van der Waals surface area (Å²) in [6.45, 7) is 4.88. The van der Waals surface area contributed by atoms with Gasteiger partial charge < -0.3 is 75.8 Å². The van der Waals surface area contributed by atoms with Crippen molar-refractivity contribution in [2.45, 2.75) is 151 Å². The molecule has 4 fully saturated rings. The van der Waals surface area contributed by atoms with Crippen molar-refractivity contribution in [1.29, 1.82) is 0 Å². The van der Waals surface area contributed by atoms with Gasteiger partial charge in [0.05, 0.1) is 59.5 Å². The van der Waals surface area contributed by atoms with E-state index in [0.717, 1.165) is 33.4 Å². The number of fused-ring (bicyclic) bond motifs is 1. The predicted molar refractivity (Wildman–Crippen MR) is 308 cm³/mol. The lowest BCUT2D eigenvalue weighted by Gasteiger charge is -2.53. The minimum Gasteiger partial charge on any atom is -0.453 e. The Hall–Kier alpha value is -6.07. The van der Waals surface area contributed by atoms with Gasteiger partial charge in [0, 0.05) is 13.5 Å². The molecule has 450 valence electrons. The lowest BCUT2D eigenvalue weighted by atomic mass is 9.93. The topological polar surface area (TPSA) is 165 Å². The highest BCUT2D eigenvalue weighted by molar-refractivity contribution is 5.79. The van der Waals surface area contributed by atoms with Crippen molar-refractivity contribution in [3.8, 4) is 0 Å². The van der Waals surface area contributed by atoms with E-state index in [1.807, 2.05) is 208 Å². The van der Waals surface area contributed by atoms with Crippen LogP contribution in [0.4, 0.5) is 0 Å². The van der Waals surface area contributed by atoms with Crippen molar-refractivity contribution in [3.05, 3.63) is 228 Å². The minimum absolute atomic E-state index is 0.0134. The van der Waals surface area contributed by atoms with Gasteiger partial charge in [0.2, 0.25) is 0 Å². The van der Waals surface area contributed by atoms with Gasteiger partial charge in [0.1, 0.15) is 67.8 Å². The number of carbonyl (C=O) groups excluding carboxylic acids is 1. The van der Waals surface area contributed by atoms with Gasteiger partial charge in [-0.15, -0.1) is 0 Å². The number of hydrogen-bond acceptors (Lipinski definition) is 17. The van der Waals surface area contributed by atoms with Gasteiger partial charge in [-0.1, -0.05) is 194 Å². The summed E-state index contributed by atoms with van der Waals surface area (Å²) < 4.78 is 108. The monoisotopic (exact) mass is 1160 g/mol. The molecule has 85 heavy (non-hydrogen) atoms. The number of benzene rings is 6. The molecule has 5 heterocycles. The fraction of sp³-hybridized carbons (Fsp3) is 0.426. The van der Waals surface area contributed by atoms with Gasteiger partial charge in [-0.3, -0.25) is 0 Å². The zero-order chi connectivity index (χ0) is 58.3. The molecule has 5 aliphatic heterocycles. The number of esters is 1. The normalized spacial score (nSPS) is 29.3. The Morgan fingerprint density at radius 2 is 0.976 bits per heavy atom. The average molecular weight is 1170 g/mol. The molecule has 1 spiro atoms. The van der Waals surface area contributed by atoms with E-state index < -0.39 is 97.3 Å². The van der Waals surface area contributed by atoms with Crippen molar-refractivity contribution in [2.24, 2.45) is 0 Å². The van der Waals surface area contributed by atoms with Crippen LogP contribution in [0.25, 0.3) is 0 Å². The minimum atomic E-state index is -2.00. The van der Waals surface area contributed by atoms with E-state index in [9.17, 15) is 4.79 Å². The maximum atomic E-state index is 14.9. The molecule has 17 heteroatoms. The van der Waals surface area contributed by atoms with Gasteiger partial charge in [0.15, 0.2) is 24.5 Å². The molecule has 0 aliphatic carbocycles. The van der Waals surface area contributed by atoms with Gasteiger partial charge in [-0.2, -0.15) is 0 Å². The number of hydrogen-bond donors (Lipinski definition) is 0. The number of rotatable bonds is 27. The Labute approximate surface area is 497 Å². The number of methoxy groups -OCH3 is 1. The third-order valence-corrected chi connectivity index (χ3v) is 15.4. The maximum absolute atomic E-state index is 14.9. The molecule has 6 aromatic carbocycles. The molecule has 4 saturated heterocycles. The first-order chi connectivity index (χ1) is 41.7. The largest absolute Gasteiger partial charge is 0.453 e. The van der Waals surface area contributed by atoms with E-state index in [-0.39, 0.29) is 72.7 Å². The third-order valence-electron chi connectivity index (χ3n) is 15.4.